The maximum absolute atomic E-state index is 8.74. The zero-order valence-corrected chi connectivity index (χ0v) is 10.5. The van der Waals surface area contributed by atoms with E-state index in [9.17, 15) is 0 Å². The summed E-state index contributed by atoms with van der Waals surface area (Å²) in [5.74, 6) is 0. The van der Waals surface area contributed by atoms with Crippen molar-refractivity contribution in [2.24, 2.45) is 0 Å². The van der Waals surface area contributed by atoms with Crippen molar-refractivity contribution in [1.82, 2.24) is 0 Å². The van der Waals surface area contributed by atoms with Gasteiger partial charge in [0.2, 0.25) is 0 Å². The van der Waals surface area contributed by atoms with E-state index in [-0.39, 0.29) is 46.6 Å². The van der Waals surface area contributed by atoms with E-state index in [2.05, 4.69) is 0 Å². The van der Waals surface area contributed by atoms with Gasteiger partial charge in [-0.05, 0) is 0 Å². The Balaban J connectivity index is -0.0000000457. The van der Waals surface area contributed by atoms with Crippen LogP contribution < -0.4 is 48.7 Å². The Labute approximate surface area is 102 Å². The van der Waals surface area contributed by atoms with Crippen molar-refractivity contribution in [2.45, 2.75) is 0 Å². The zero-order valence-electron chi connectivity index (χ0n) is 5.61. The summed E-state index contributed by atoms with van der Waals surface area (Å²) in [5, 5.41) is 0. The van der Waals surface area contributed by atoms with Crippen molar-refractivity contribution in [3.8, 4) is 0 Å². The molecule has 0 aromatic carbocycles. The second-order valence-corrected chi connectivity index (χ2v) is 2.84. The molecule has 0 heterocycles. The van der Waals surface area contributed by atoms with E-state index in [1.165, 1.54) is 0 Å². The first-order valence-electron chi connectivity index (χ1n) is 1.51. The first-order chi connectivity index (χ1) is 4.00. The van der Waals surface area contributed by atoms with Gasteiger partial charge in [-0.3, -0.25) is 9.11 Å². The molecule has 12 heavy (non-hydrogen) atoms. The third-order valence-electron chi connectivity index (χ3n) is 0. The zero-order chi connectivity index (χ0) is 9.00. The number of hydrogen-bond donors (Lipinski definition) is 2. The molecule has 1 radical (unpaired) electrons. The molecule has 0 aliphatic heterocycles. The van der Waals surface area contributed by atoms with Gasteiger partial charge < -0.3 is 28.2 Å². The monoisotopic (exact) mass is 269 g/mol. The van der Waals surface area contributed by atoms with Gasteiger partial charge in [-0.15, -0.1) is 0 Å². The summed E-state index contributed by atoms with van der Waals surface area (Å²) in [5.41, 5.74) is 0. The van der Waals surface area contributed by atoms with Gasteiger partial charge in [0, 0.05) is 0 Å². The molecule has 0 unspecified atom stereocenters. The smallest absolute Gasteiger partial charge is 0.894 e. The van der Waals surface area contributed by atoms with Gasteiger partial charge in [0.05, 0.1) is 0 Å². The molecule has 0 spiro atoms. The van der Waals surface area contributed by atoms with E-state index in [1.807, 2.05) is 0 Å². The van der Waals surface area contributed by atoms with E-state index < -0.39 is 19.4 Å². The van der Waals surface area contributed by atoms with Gasteiger partial charge >= 0.3 is 57.0 Å². The quantitative estimate of drug-likeness (QED) is 0.322. The average Bonchev–Trinajstić information content (AvgIpc) is 1.12. The summed E-state index contributed by atoms with van der Waals surface area (Å²) in [4.78, 5) is 34.3. The fraction of sp³-hybridized carbons (Fsp3) is 0. The molecule has 0 bridgehead atoms. The maximum Gasteiger partial charge on any atom is 3.00 e. The molecule has 0 saturated carbocycles. The second kappa shape index (κ2) is 9.02. The molecule has 0 saturated heterocycles. The van der Waals surface area contributed by atoms with E-state index in [0.717, 1.165) is 0 Å². The summed E-state index contributed by atoms with van der Waals surface area (Å²) in [6.07, 6.45) is 0. The van der Waals surface area contributed by atoms with Crippen LogP contribution in [-0.4, -0.2) is 26.6 Å². The van der Waals surface area contributed by atoms with Crippen LogP contribution in [0.25, 0.3) is 0 Å². The second-order valence-electron chi connectivity index (χ2n) is 0.948. The van der Waals surface area contributed by atoms with Crippen LogP contribution in [0.3, 0.4) is 0 Å². The Kier molecular flexibility index (Phi) is 17.5. The van der Waals surface area contributed by atoms with Crippen molar-refractivity contribution in [3.63, 3.8) is 0 Å². The van der Waals surface area contributed by atoms with E-state index in [1.54, 1.807) is 0 Å². The minimum Gasteiger partial charge on any atom is -0.894 e. The average molecular weight is 269 g/mol. The van der Waals surface area contributed by atoms with Gasteiger partial charge in [-0.2, -0.15) is 8.42 Å². The Morgan fingerprint density at radius 2 is 1.00 bits per heavy atom. The van der Waals surface area contributed by atoms with Gasteiger partial charge in [-0.25, -0.2) is 0 Å². The first kappa shape index (κ1) is 23.3. The molecule has 12 heteroatoms. The van der Waals surface area contributed by atoms with Crippen LogP contribution in [0.4, 0.5) is 0 Å². The molecule has 0 rings (SSSR count). The van der Waals surface area contributed by atoms with Crippen LogP contribution in [-0.2, 0) is 27.5 Å². The minimum atomic E-state index is -5.61. The summed E-state index contributed by atoms with van der Waals surface area (Å²) in [6.45, 7) is 0. The topological polar surface area (TPSA) is 167 Å². The van der Waals surface area contributed by atoms with E-state index >= 15 is 0 Å². The van der Waals surface area contributed by atoms with Crippen molar-refractivity contribution >= 4 is 19.4 Å². The summed E-state index contributed by atoms with van der Waals surface area (Å²) < 4.78 is 31.6. The fourth-order valence-electron chi connectivity index (χ4n) is 0. The molecule has 0 amide bonds. The molecular weight excluding hydrogens is 267 g/mol. The number of rotatable bonds is 0. The van der Waals surface area contributed by atoms with Crippen molar-refractivity contribution in [1.29, 1.82) is 0 Å². The molecule has 0 aromatic rings. The predicted molar refractivity (Wildman–Crippen MR) is 19.9 cm³/mol. The van der Waals surface area contributed by atoms with E-state index in [0.29, 0.717) is 0 Å². The first-order valence-corrected chi connectivity index (χ1v) is 4.54. The third-order valence-corrected chi connectivity index (χ3v) is 0. The third kappa shape index (κ3) is 597. The molecule has 0 aliphatic carbocycles. The largest absolute Gasteiger partial charge is 3.00 e. The van der Waals surface area contributed by atoms with Crippen LogP contribution in [0.5, 0.6) is 0 Å². The molecule has 69 valence electrons. The van der Waals surface area contributed by atoms with Crippen LogP contribution in [0.15, 0.2) is 0 Å². The van der Waals surface area contributed by atoms with Gasteiger partial charge in [-0.1, -0.05) is 0 Å². The van der Waals surface area contributed by atoms with Crippen LogP contribution >= 0.6 is 0 Å². The minimum absolute atomic E-state index is 0. The molecule has 2 N–H and O–H groups in total. The SMILES string of the molecule is O=S(=O)(O)O.[Fe+3].[Na+].[O-][Si]([O-])([O-])[O-]. The van der Waals surface area contributed by atoms with Crippen LogP contribution in [0, 0.1) is 0 Å². The van der Waals surface area contributed by atoms with Crippen molar-refractivity contribution in [2.75, 3.05) is 0 Å². The van der Waals surface area contributed by atoms with Crippen LogP contribution in [0.1, 0.15) is 0 Å². The normalized spacial score (nSPS) is 9.83. The predicted octanol–water partition coefficient (Wildman–Crippen LogP) is -8.79. The standard InChI is InChI=1S/Fe.Na.H2O4S.O4Si/c;;2*1-5(2,3)4/h;;(H2,1,2,3,4);/q+3;+1;;-4. The van der Waals surface area contributed by atoms with Gasteiger partial charge in [0.1, 0.15) is 0 Å². The van der Waals surface area contributed by atoms with Crippen LogP contribution in [0.2, 0.25) is 0 Å². The van der Waals surface area contributed by atoms with E-state index in [4.69, 9.17) is 36.7 Å². The summed E-state index contributed by atoms with van der Waals surface area (Å²) in [6, 6.07) is 0. The van der Waals surface area contributed by atoms with Gasteiger partial charge in [0.15, 0.2) is 0 Å². The molecule has 0 aliphatic rings. The maximum atomic E-state index is 8.74. The van der Waals surface area contributed by atoms with Gasteiger partial charge in [0.25, 0.3) is 0 Å². The molecule has 0 aromatic heterocycles. The Hall–Kier alpha value is 1.45. The molecular formula is H2FeNaO8SSi. The number of hydrogen-bond acceptors (Lipinski definition) is 6. The Morgan fingerprint density at radius 1 is 1.00 bits per heavy atom. The Bertz CT molecular complexity index is 154. The van der Waals surface area contributed by atoms with Crippen molar-refractivity contribution < 1.29 is 83.3 Å². The van der Waals surface area contributed by atoms with Crippen molar-refractivity contribution in [3.05, 3.63) is 0 Å². The Morgan fingerprint density at radius 3 is 1.00 bits per heavy atom. The molecule has 0 atom stereocenters. The molecule has 8 nitrogen and oxygen atoms in total. The summed E-state index contributed by atoms with van der Waals surface area (Å²) in [7, 11) is -10.3. The fourth-order valence-corrected chi connectivity index (χ4v) is 0. The molecule has 0 fully saturated rings. The summed E-state index contributed by atoms with van der Waals surface area (Å²) >= 11 is 0.